The highest BCUT2D eigenvalue weighted by molar-refractivity contribution is 7.12. The van der Waals surface area contributed by atoms with E-state index in [0.717, 1.165) is 46.6 Å². The van der Waals surface area contributed by atoms with Gasteiger partial charge in [-0.25, -0.2) is 8.78 Å². The predicted octanol–water partition coefficient (Wildman–Crippen LogP) is 6.40. The Hall–Kier alpha value is -3.21. The van der Waals surface area contributed by atoms with Crippen LogP contribution in [0.3, 0.4) is 0 Å². The van der Waals surface area contributed by atoms with Gasteiger partial charge in [-0.1, -0.05) is 42.3 Å². The molecule has 1 aromatic heterocycles. The van der Waals surface area contributed by atoms with Gasteiger partial charge in [0.25, 0.3) is 6.43 Å². The molecule has 0 spiro atoms. The number of carbonyl (C=O) groups is 1. The molecule has 2 aromatic carbocycles. The molecule has 1 atom stereocenters. The Kier molecular flexibility index (Phi) is 8.17. The highest BCUT2D eigenvalue weighted by atomic mass is 32.1. The van der Waals surface area contributed by atoms with Crippen molar-refractivity contribution in [3.05, 3.63) is 86.6 Å². The minimum absolute atomic E-state index is 0.0358. The first-order chi connectivity index (χ1) is 16.9. The third kappa shape index (κ3) is 6.68. The molecule has 0 radical (unpaired) electrons. The Morgan fingerprint density at radius 1 is 1.17 bits per heavy atom. The van der Waals surface area contributed by atoms with Crippen LogP contribution in [0.25, 0.3) is 0 Å². The van der Waals surface area contributed by atoms with E-state index in [2.05, 4.69) is 28.9 Å². The number of hydrogen-bond donors (Lipinski definition) is 1. The Balaban J connectivity index is 1.34. The number of fused-ring (bicyclic) bond motifs is 1. The summed E-state index contributed by atoms with van der Waals surface area (Å²) in [6, 6.07) is 17.3. The van der Waals surface area contributed by atoms with Crippen LogP contribution < -0.4 is 4.74 Å². The van der Waals surface area contributed by atoms with Crippen LogP contribution in [0.4, 0.5) is 8.78 Å². The van der Waals surface area contributed by atoms with Crippen molar-refractivity contribution in [2.45, 2.75) is 51.8 Å². The van der Waals surface area contributed by atoms with E-state index < -0.39 is 12.4 Å². The minimum Gasteiger partial charge on any atom is -0.489 e. The van der Waals surface area contributed by atoms with Crippen LogP contribution in [0, 0.1) is 11.8 Å². The Morgan fingerprint density at radius 2 is 1.94 bits per heavy atom. The smallest absolute Gasteiger partial charge is 0.304 e. The lowest BCUT2D eigenvalue weighted by molar-refractivity contribution is -0.137. The number of halogens is 2. The maximum atomic E-state index is 13.0. The third-order valence-corrected chi connectivity index (χ3v) is 7.21. The second kappa shape index (κ2) is 11.5. The second-order valence-corrected chi connectivity index (χ2v) is 9.75. The first-order valence-electron chi connectivity index (χ1n) is 11.5. The normalized spacial score (nSPS) is 14.2. The fourth-order valence-corrected chi connectivity index (χ4v) is 5.32. The van der Waals surface area contributed by atoms with Crippen molar-refractivity contribution in [2.75, 3.05) is 6.54 Å². The van der Waals surface area contributed by atoms with Crippen molar-refractivity contribution in [3.8, 4) is 17.6 Å². The van der Waals surface area contributed by atoms with E-state index in [1.165, 1.54) is 11.3 Å². The summed E-state index contributed by atoms with van der Waals surface area (Å²) in [5.74, 6) is 5.23. The fraction of sp³-hybridized carbons (Fsp3) is 0.321. The Bertz CT molecular complexity index is 1230. The average molecular weight is 496 g/mol. The van der Waals surface area contributed by atoms with Gasteiger partial charge in [-0.15, -0.1) is 17.3 Å². The van der Waals surface area contributed by atoms with Crippen LogP contribution in [0.1, 0.15) is 57.7 Å². The summed E-state index contributed by atoms with van der Waals surface area (Å²) >= 11 is 1.24. The van der Waals surface area contributed by atoms with Gasteiger partial charge in [0.05, 0.1) is 17.2 Å². The number of aliphatic carboxylic acids is 1. The second-order valence-electron chi connectivity index (χ2n) is 8.58. The van der Waals surface area contributed by atoms with Crippen LogP contribution in [0.2, 0.25) is 0 Å². The van der Waals surface area contributed by atoms with Gasteiger partial charge in [0.1, 0.15) is 12.4 Å². The Labute approximate surface area is 208 Å². The molecule has 1 N–H and O–H groups in total. The molecule has 0 saturated heterocycles. The molecule has 0 saturated carbocycles. The quantitative estimate of drug-likeness (QED) is 0.349. The number of hydrogen-bond acceptors (Lipinski definition) is 4. The van der Waals surface area contributed by atoms with Crippen molar-refractivity contribution in [2.24, 2.45) is 0 Å². The zero-order valence-electron chi connectivity index (χ0n) is 19.5. The topological polar surface area (TPSA) is 49.8 Å². The van der Waals surface area contributed by atoms with Crippen LogP contribution in [0.15, 0.2) is 54.6 Å². The fourth-order valence-electron chi connectivity index (χ4n) is 4.30. The SMILES string of the molecule is CC#CC(CC(=O)O)c1ccc(OCc2cccc(CN3CCc4sc(C(F)F)cc4C3)c2)cc1. The lowest BCUT2D eigenvalue weighted by Crippen LogP contribution is -2.29. The zero-order chi connectivity index (χ0) is 24.8. The predicted molar refractivity (Wildman–Crippen MR) is 133 cm³/mol. The third-order valence-electron chi connectivity index (χ3n) is 5.96. The zero-order valence-corrected chi connectivity index (χ0v) is 20.3. The van der Waals surface area contributed by atoms with Gasteiger partial charge >= 0.3 is 5.97 Å². The molecule has 2 heterocycles. The van der Waals surface area contributed by atoms with E-state index in [9.17, 15) is 13.6 Å². The maximum Gasteiger partial charge on any atom is 0.304 e. The molecule has 0 bridgehead atoms. The molecule has 0 amide bonds. The molecular formula is C28H27F2NO3S. The summed E-state index contributed by atoms with van der Waals surface area (Å²) in [5, 5.41) is 9.10. The number of carboxylic acids is 1. The number of rotatable bonds is 9. The number of ether oxygens (including phenoxy) is 1. The van der Waals surface area contributed by atoms with Crippen molar-refractivity contribution >= 4 is 17.3 Å². The van der Waals surface area contributed by atoms with Crippen LogP contribution >= 0.6 is 11.3 Å². The van der Waals surface area contributed by atoms with Crippen molar-refractivity contribution < 1.29 is 23.4 Å². The standard InChI is InChI=1S/C28H27F2NO3S/c1-2-4-22(15-27(32)33)21-7-9-24(10-8-21)34-18-20-6-3-5-19(13-20)16-31-12-11-25-23(17-31)14-26(35-25)28(29)30/h3,5-10,13-14,22,28H,11-12,15-18H2,1H3,(H,32,33). The molecule has 1 unspecified atom stereocenters. The van der Waals surface area contributed by atoms with Crippen LogP contribution in [-0.4, -0.2) is 22.5 Å². The van der Waals surface area contributed by atoms with Gasteiger partial charge in [0.2, 0.25) is 0 Å². The first-order valence-corrected chi connectivity index (χ1v) is 12.3. The van der Waals surface area contributed by atoms with Gasteiger partial charge < -0.3 is 9.84 Å². The van der Waals surface area contributed by atoms with E-state index in [-0.39, 0.29) is 17.2 Å². The highest BCUT2D eigenvalue weighted by Crippen LogP contribution is 2.34. The molecular weight excluding hydrogens is 468 g/mol. The summed E-state index contributed by atoms with van der Waals surface area (Å²) in [6.45, 7) is 4.41. The molecule has 1 aliphatic heterocycles. The van der Waals surface area contributed by atoms with Gasteiger partial charge in [-0.05, 0) is 53.8 Å². The van der Waals surface area contributed by atoms with E-state index in [1.807, 2.05) is 36.4 Å². The molecule has 35 heavy (non-hydrogen) atoms. The molecule has 0 fully saturated rings. The lowest BCUT2D eigenvalue weighted by atomic mass is 9.96. The van der Waals surface area contributed by atoms with Gasteiger partial charge in [0, 0.05) is 24.5 Å². The van der Waals surface area contributed by atoms with Gasteiger partial charge in [0.15, 0.2) is 0 Å². The molecule has 4 nitrogen and oxygen atoms in total. The van der Waals surface area contributed by atoms with Crippen molar-refractivity contribution in [3.63, 3.8) is 0 Å². The average Bonchev–Trinajstić information content (AvgIpc) is 3.27. The number of benzene rings is 2. The van der Waals surface area contributed by atoms with Crippen LogP contribution in [0.5, 0.6) is 5.75 Å². The largest absolute Gasteiger partial charge is 0.489 e. The Morgan fingerprint density at radius 3 is 2.66 bits per heavy atom. The number of thiophene rings is 1. The maximum absolute atomic E-state index is 13.0. The first kappa shape index (κ1) is 24.9. The summed E-state index contributed by atoms with van der Waals surface area (Å²) in [6.07, 6.45) is -1.63. The molecule has 7 heteroatoms. The number of alkyl halides is 2. The highest BCUT2D eigenvalue weighted by Gasteiger charge is 2.22. The summed E-state index contributed by atoms with van der Waals surface area (Å²) < 4.78 is 32.0. The minimum atomic E-state index is -2.40. The van der Waals surface area contributed by atoms with Gasteiger partial charge in [-0.3, -0.25) is 9.69 Å². The van der Waals surface area contributed by atoms with Crippen molar-refractivity contribution in [1.82, 2.24) is 4.90 Å². The summed E-state index contributed by atoms with van der Waals surface area (Å²) in [7, 11) is 0. The lowest BCUT2D eigenvalue weighted by Gasteiger charge is -2.26. The van der Waals surface area contributed by atoms with E-state index in [0.29, 0.717) is 18.9 Å². The molecule has 0 aliphatic carbocycles. The molecule has 3 aromatic rings. The summed E-state index contributed by atoms with van der Waals surface area (Å²) in [5.41, 5.74) is 4.08. The van der Waals surface area contributed by atoms with Gasteiger partial charge in [-0.2, -0.15) is 0 Å². The van der Waals surface area contributed by atoms with E-state index in [1.54, 1.807) is 13.0 Å². The monoisotopic (exact) mass is 495 g/mol. The van der Waals surface area contributed by atoms with Crippen molar-refractivity contribution in [1.29, 1.82) is 0 Å². The summed E-state index contributed by atoms with van der Waals surface area (Å²) in [4.78, 5) is 14.6. The number of nitrogens with zero attached hydrogens (tertiary/aromatic N) is 1. The molecule has 1 aliphatic rings. The van der Waals surface area contributed by atoms with Crippen LogP contribution in [-0.2, 0) is 30.9 Å². The van der Waals surface area contributed by atoms with E-state index in [4.69, 9.17) is 9.84 Å². The molecule has 4 rings (SSSR count). The van der Waals surface area contributed by atoms with E-state index >= 15 is 0 Å². The molecule has 182 valence electrons. The number of carboxylic acid groups (broad SMARTS) is 1.